The van der Waals surface area contributed by atoms with Gasteiger partial charge >= 0.3 is 0 Å². The molecule has 3 nitrogen and oxygen atoms in total. The zero-order valence-corrected chi connectivity index (χ0v) is 16.8. The molecule has 0 bridgehead atoms. The molecule has 6 heteroatoms. The lowest BCUT2D eigenvalue weighted by molar-refractivity contribution is -0.164. The third-order valence-corrected chi connectivity index (χ3v) is 5.14. The molecule has 2 aromatic carbocycles. The summed E-state index contributed by atoms with van der Waals surface area (Å²) in [6.45, 7) is 5.23. The fourth-order valence-corrected chi connectivity index (χ4v) is 3.49. The van der Waals surface area contributed by atoms with Crippen molar-refractivity contribution in [3.63, 3.8) is 0 Å². The zero-order chi connectivity index (χ0) is 20.8. The second kappa shape index (κ2) is 10.1. The topological polar surface area (TPSA) is 27.7 Å². The highest BCUT2D eigenvalue weighted by atomic mass is 19.2. The van der Waals surface area contributed by atoms with Crippen LogP contribution in [0.3, 0.4) is 0 Å². The van der Waals surface area contributed by atoms with Crippen LogP contribution in [0, 0.1) is 17.5 Å². The molecule has 0 aliphatic carbocycles. The maximum Gasteiger partial charge on any atom is 0.201 e. The Morgan fingerprint density at radius 1 is 1.00 bits per heavy atom. The fraction of sp³-hybridized carbons (Fsp3) is 0.478. The van der Waals surface area contributed by atoms with Crippen LogP contribution in [0.1, 0.15) is 51.0 Å². The molecule has 0 radical (unpaired) electrons. The molecule has 1 fully saturated rings. The molecule has 1 aliphatic rings. The summed E-state index contributed by atoms with van der Waals surface area (Å²) in [6.07, 6.45) is 2.97. The minimum absolute atomic E-state index is 0.0224. The Morgan fingerprint density at radius 3 is 2.45 bits per heavy atom. The fourth-order valence-electron chi connectivity index (χ4n) is 3.49. The lowest BCUT2D eigenvalue weighted by Crippen LogP contribution is -2.27. The number of unbranched alkanes of at least 4 members (excludes halogenated alkanes) is 1. The predicted molar refractivity (Wildman–Crippen MR) is 105 cm³/mol. The first-order valence-corrected chi connectivity index (χ1v) is 10.2. The van der Waals surface area contributed by atoms with Gasteiger partial charge in [0, 0.05) is 23.7 Å². The van der Waals surface area contributed by atoms with Crippen molar-refractivity contribution in [3.05, 3.63) is 53.3 Å². The van der Waals surface area contributed by atoms with Crippen LogP contribution in [0.25, 0.3) is 11.1 Å². The minimum atomic E-state index is -1.11. The van der Waals surface area contributed by atoms with Gasteiger partial charge < -0.3 is 14.2 Å². The highest BCUT2D eigenvalue weighted by Crippen LogP contribution is 2.34. The molecule has 2 aromatic rings. The first-order valence-electron chi connectivity index (χ1n) is 10.2. The van der Waals surface area contributed by atoms with E-state index in [9.17, 15) is 13.2 Å². The summed E-state index contributed by atoms with van der Waals surface area (Å²) >= 11 is 0. The Morgan fingerprint density at radius 2 is 1.79 bits per heavy atom. The lowest BCUT2D eigenvalue weighted by Gasteiger charge is -2.29. The van der Waals surface area contributed by atoms with Gasteiger partial charge in [0.15, 0.2) is 17.9 Å². The van der Waals surface area contributed by atoms with E-state index in [4.69, 9.17) is 14.2 Å². The number of benzene rings is 2. The molecule has 2 unspecified atom stereocenters. The third kappa shape index (κ3) is 5.11. The van der Waals surface area contributed by atoms with E-state index in [1.54, 1.807) is 6.07 Å². The van der Waals surface area contributed by atoms with Gasteiger partial charge in [0.1, 0.15) is 5.82 Å². The SMILES string of the molecule is CCCCOc1ccc(-c2ccc(C3CCC(OCC)OC3)cc2F)c(F)c1F. The van der Waals surface area contributed by atoms with Crippen molar-refractivity contribution in [2.75, 3.05) is 19.8 Å². The molecule has 0 amide bonds. The summed E-state index contributed by atoms with van der Waals surface area (Å²) in [7, 11) is 0. The Bertz CT molecular complexity index is 817. The van der Waals surface area contributed by atoms with E-state index in [-0.39, 0.29) is 29.1 Å². The van der Waals surface area contributed by atoms with E-state index in [2.05, 4.69) is 0 Å². The molecule has 2 atom stereocenters. The van der Waals surface area contributed by atoms with Gasteiger partial charge in [-0.1, -0.05) is 25.5 Å². The first-order chi connectivity index (χ1) is 14.0. The summed E-state index contributed by atoms with van der Waals surface area (Å²) in [4.78, 5) is 0. The molecular weight excluding hydrogens is 381 g/mol. The molecular formula is C23H27F3O3. The minimum Gasteiger partial charge on any atom is -0.490 e. The highest BCUT2D eigenvalue weighted by Gasteiger charge is 2.24. The number of rotatable bonds is 8. The molecule has 0 saturated carbocycles. The summed E-state index contributed by atoms with van der Waals surface area (Å²) in [5, 5.41) is 0. The van der Waals surface area contributed by atoms with E-state index >= 15 is 0 Å². The van der Waals surface area contributed by atoms with Crippen LogP contribution < -0.4 is 4.74 Å². The summed E-state index contributed by atoms with van der Waals surface area (Å²) in [5.74, 6) is -2.89. The second-order valence-corrected chi connectivity index (χ2v) is 7.17. The number of ether oxygens (including phenoxy) is 3. The maximum atomic E-state index is 14.8. The summed E-state index contributed by atoms with van der Waals surface area (Å²) in [5.41, 5.74) is 0.682. The summed E-state index contributed by atoms with van der Waals surface area (Å²) < 4.78 is 60.0. The molecule has 1 saturated heterocycles. The number of halogens is 3. The van der Waals surface area contributed by atoms with E-state index in [0.29, 0.717) is 19.8 Å². The van der Waals surface area contributed by atoms with Crippen LogP contribution in [0.4, 0.5) is 13.2 Å². The van der Waals surface area contributed by atoms with Crippen molar-refractivity contribution in [1.29, 1.82) is 0 Å². The third-order valence-electron chi connectivity index (χ3n) is 5.14. The van der Waals surface area contributed by atoms with E-state index < -0.39 is 17.5 Å². The lowest BCUT2D eigenvalue weighted by atomic mass is 9.91. The van der Waals surface area contributed by atoms with Gasteiger partial charge in [-0.2, -0.15) is 4.39 Å². The average molecular weight is 408 g/mol. The van der Waals surface area contributed by atoms with E-state index in [1.807, 2.05) is 13.8 Å². The van der Waals surface area contributed by atoms with Crippen LogP contribution in [-0.2, 0) is 9.47 Å². The molecule has 3 rings (SSSR count). The molecule has 158 valence electrons. The Balaban J connectivity index is 1.76. The normalized spacial score (nSPS) is 19.3. The van der Waals surface area contributed by atoms with Crippen molar-refractivity contribution in [3.8, 4) is 16.9 Å². The second-order valence-electron chi connectivity index (χ2n) is 7.17. The van der Waals surface area contributed by atoms with Gasteiger partial charge in [-0.3, -0.25) is 0 Å². The number of hydrogen-bond donors (Lipinski definition) is 0. The first kappa shape index (κ1) is 21.7. The maximum absolute atomic E-state index is 14.8. The molecule has 0 N–H and O–H groups in total. The van der Waals surface area contributed by atoms with Gasteiger partial charge in [0.05, 0.1) is 13.2 Å². The van der Waals surface area contributed by atoms with Crippen LogP contribution in [0.15, 0.2) is 30.3 Å². The molecule has 29 heavy (non-hydrogen) atoms. The molecule has 0 aromatic heterocycles. The van der Waals surface area contributed by atoms with Gasteiger partial charge in [-0.05, 0) is 49.9 Å². The monoisotopic (exact) mass is 408 g/mol. The van der Waals surface area contributed by atoms with Crippen LogP contribution in [-0.4, -0.2) is 26.1 Å². The van der Waals surface area contributed by atoms with Crippen molar-refractivity contribution in [2.24, 2.45) is 0 Å². The van der Waals surface area contributed by atoms with Crippen LogP contribution >= 0.6 is 0 Å². The Hall–Kier alpha value is -2.05. The smallest absolute Gasteiger partial charge is 0.201 e. The number of hydrogen-bond acceptors (Lipinski definition) is 3. The van der Waals surface area contributed by atoms with Gasteiger partial charge in [-0.15, -0.1) is 0 Å². The quantitative estimate of drug-likeness (QED) is 0.486. The highest BCUT2D eigenvalue weighted by molar-refractivity contribution is 5.66. The Kier molecular flexibility index (Phi) is 7.56. The van der Waals surface area contributed by atoms with Crippen molar-refractivity contribution in [1.82, 2.24) is 0 Å². The molecule has 1 aliphatic heterocycles. The predicted octanol–water partition coefficient (Wildman–Crippen LogP) is 6.21. The standard InChI is InChI=1S/C23H27F3O3/c1-3-5-12-28-20-10-9-18(22(25)23(20)26)17-8-6-15(13-19(17)24)16-7-11-21(27-4-2)29-14-16/h6,8-10,13,16,21H,3-5,7,11-12,14H2,1-2H3. The molecule has 0 spiro atoms. The molecule has 1 heterocycles. The Labute approximate surface area is 169 Å². The van der Waals surface area contributed by atoms with E-state index in [0.717, 1.165) is 31.2 Å². The van der Waals surface area contributed by atoms with Gasteiger partial charge in [-0.25, -0.2) is 8.78 Å². The summed E-state index contributed by atoms with van der Waals surface area (Å²) in [6, 6.07) is 7.33. The van der Waals surface area contributed by atoms with Crippen molar-refractivity contribution >= 4 is 0 Å². The van der Waals surface area contributed by atoms with Crippen LogP contribution in [0.5, 0.6) is 5.75 Å². The van der Waals surface area contributed by atoms with E-state index in [1.165, 1.54) is 24.3 Å². The zero-order valence-electron chi connectivity index (χ0n) is 16.8. The van der Waals surface area contributed by atoms with Gasteiger partial charge in [0.2, 0.25) is 5.82 Å². The van der Waals surface area contributed by atoms with Crippen molar-refractivity contribution < 1.29 is 27.4 Å². The van der Waals surface area contributed by atoms with Gasteiger partial charge in [0.25, 0.3) is 0 Å². The average Bonchev–Trinajstić information content (AvgIpc) is 2.73. The van der Waals surface area contributed by atoms with Crippen LogP contribution in [0.2, 0.25) is 0 Å². The largest absolute Gasteiger partial charge is 0.490 e. The van der Waals surface area contributed by atoms with Crippen molar-refractivity contribution in [2.45, 2.75) is 51.7 Å².